The van der Waals surface area contributed by atoms with Crippen molar-refractivity contribution in [2.45, 2.75) is 50.4 Å². The first-order chi connectivity index (χ1) is 17.2. The summed E-state index contributed by atoms with van der Waals surface area (Å²) in [7, 11) is 0. The predicted octanol–water partition coefficient (Wildman–Crippen LogP) is 3.71. The highest BCUT2D eigenvalue weighted by Gasteiger charge is 2.41. The lowest BCUT2D eigenvalue weighted by Gasteiger charge is -2.43. The van der Waals surface area contributed by atoms with Crippen LogP contribution >= 0.6 is 11.6 Å². The first kappa shape index (κ1) is 25.8. The fourth-order valence-corrected chi connectivity index (χ4v) is 4.87. The van der Waals surface area contributed by atoms with Gasteiger partial charge in [0.1, 0.15) is 11.6 Å². The van der Waals surface area contributed by atoms with Gasteiger partial charge in [0.05, 0.1) is 0 Å². The molecular weight excluding hydrogens is 492 g/mol. The zero-order chi connectivity index (χ0) is 25.8. The van der Waals surface area contributed by atoms with Crippen LogP contribution in [-0.4, -0.2) is 59.0 Å². The molecule has 0 spiro atoms. The average molecular weight is 520 g/mol. The van der Waals surface area contributed by atoms with Crippen molar-refractivity contribution in [2.24, 2.45) is 5.73 Å². The molecule has 8 nitrogen and oxygen atoms in total. The maximum atomic E-state index is 13.8. The van der Waals surface area contributed by atoms with E-state index in [0.717, 1.165) is 25.0 Å². The van der Waals surface area contributed by atoms with Crippen LogP contribution in [-0.2, 0) is 4.79 Å². The Hall–Kier alpha value is -3.24. The van der Waals surface area contributed by atoms with E-state index in [1.165, 1.54) is 9.80 Å². The minimum Gasteiger partial charge on any atom is -0.350 e. The summed E-state index contributed by atoms with van der Waals surface area (Å²) in [5, 5.41) is 6.08. The maximum absolute atomic E-state index is 13.8. The van der Waals surface area contributed by atoms with Crippen molar-refractivity contribution in [3.8, 4) is 0 Å². The third-order valence-electron chi connectivity index (χ3n) is 6.45. The van der Waals surface area contributed by atoms with Gasteiger partial charge in [0, 0.05) is 47.5 Å². The molecule has 0 bridgehead atoms. The van der Waals surface area contributed by atoms with Gasteiger partial charge in [-0.1, -0.05) is 17.7 Å². The number of hydrogen-bond acceptors (Lipinski definition) is 4. The molecule has 1 heterocycles. The molecule has 4 rings (SSSR count). The second kappa shape index (κ2) is 11.2. The van der Waals surface area contributed by atoms with Crippen molar-refractivity contribution in [3.63, 3.8) is 0 Å². The molecular formula is C25H28ClF2N5O3. The van der Waals surface area contributed by atoms with Crippen LogP contribution in [0.1, 0.15) is 42.5 Å². The van der Waals surface area contributed by atoms with Crippen molar-refractivity contribution in [2.75, 3.05) is 18.4 Å². The lowest BCUT2D eigenvalue weighted by molar-refractivity contribution is -0.133. The number of rotatable bonds is 4. The molecule has 2 aromatic rings. The summed E-state index contributed by atoms with van der Waals surface area (Å²) >= 11 is 6.02. The molecule has 2 fully saturated rings. The number of nitrogens with two attached hydrogens (primary N) is 1. The van der Waals surface area contributed by atoms with Crippen LogP contribution in [0.15, 0.2) is 42.5 Å². The van der Waals surface area contributed by atoms with Crippen molar-refractivity contribution in [1.29, 1.82) is 0 Å². The molecule has 36 heavy (non-hydrogen) atoms. The normalized spacial score (nSPS) is 22.2. The molecule has 1 aliphatic heterocycles. The lowest BCUT2D eigenvalue weighted by Crippen LogP contribution is -2.65. The molecule has 0 radical (unpaired) electrons. The number of hydrogen-bond donors (Lipinski definition) is 3. The van der Waals surface area contributed by atoms with E-state index in [4.69, 9.17) is 17.3 Å². The smallest absolute Gasteiger partial charge is 0.323 e. The highest BCUT2D eigenvalue weighted by molar-refractivity contribution is 6.30. The van der Waals surface area contributed by atoms with Gasteiger partial charge in [-0.2, -0.15) is 0 Å². The number of anilines is 1. The van der Waals surface area contributed by atoms with Crippen LogP contribution in [0, 0.1) is 11.6 Å². The summed E-state index contributed by atoms with van der Waals surface area (Å²) in [5.74, 6) is -3.11. The monoisotopic (exact) mass is 519 g/mol. The number of halogens is 3. The summed E-state index contributed by atoms with van der Waals surface area (Å²) in [4.78, 5) is 42.6. The first-order valence-corrected chi connectivity index (χ1v) is 12.3. The Morgan fingerprint density at radius 2 is 1.61 bits per heavy atom. The highest BCUT2D eigenvalue weighted by atomic mass is 35.5. The molecule has 1 aliphatic carbocycles. The molecule has 0 aromatic heterocycles. The molecule has 4 amide bonds. The van der Waals surface area contributed by atoms with Crippen molar-refractivity contribution < 1.29 is 23.2 Å². The van der Waals surface area contributed by atoms with E-state index in [9.17, 15) is 23.2 Å². The van der Waals surface area contributed by atoms with Gasteiger partial charge >= 0.3 is 6.03 Å². The topological polar surface area (TPSA) is 108 Å². The average Bonchev–Trinajstić information content (AvgIpc) is 2.84. The predicted molar refractivity (Wildman–Crippen MR) is 131 cm³/mol. The number of carbonyl (C=O) groups is 3. The Labute approximate surface area is 212 Å². The molecule has 192 valence electrons. The van der Waals surface area contributed by atoms with Gasteiger partial charge in [-0.25, -0.2) is 13.6 Å². The number of carbonyl (C=O) groups excluding carboxylic acids is 3. The number of urea groups is 1. The number of amides is 4. The molecule has 1 atom stereocenters. The Morgan fingerprint density at radius 1 is 0.944 bits per heavy atom. The van der Waals surface area contributed by atoms with E-state index in [1.54, 1.807) is 24.3 Å². The SMILES string of the molecule is NC1CCC(NC(=O)C2N(C(=O)Nc3cccc(Cl)c3)CCCN2C(=O)c2cc(F)cc(F)c2)CC1. The zero-order valence-electron chi connectivity index (χ0n) is 19.6. The summed E-state index contributed by atoms with van der Waals surface area (Å²) in [6.07, 6.45) is 1.91. The summed E-state index contributed by atoms with van der Waals surface area (Å²) in [6.45, 7) is 0.326. The van der Waals surface area contributed by atoms with E-state index in [-0.39, 0.29) is 30.7 Å². The number of benzene rings is 2. The molecule has 11 heteroatoms. The van der Waals surface area contributed by atoms with Crippen LogP contribution in [0.2, 0.25) is 5.02 Å². The fraction of sp³-hybridized carbons (Fsp3) is 0.400. The maximum Gasteiger partial charge on any atom is 0.323 e. The van der Waals surface area contributed by atoms with Crippen molar-refractivity contribution >= 4 is 35.1 Å². The molecule has 4 N–H and O–H groups in total. The summed E-state index contributed by atoms with van der Waals surface area (Å²) in [5.41, 5.74) is 6.14. The first-order valence-electron chi connectivity index (χ1n) is 11.9. The number of nitrogens with zero attached hydrogens (tertiary/aromatic N) is 2. The number of nitrogens with one attached hydrogen (secondary N) is 2. The van der Waals surface area contributed by atoms with Gasteiger partial charge < -0.3 is 21.3 Å². The minimum absolute atomic E-state index is 0.0776. The van der Waals surface area contributed by atoms with E-state index in [2.05, 4.69) is 10.6 Å². The van der Waals surface area contributed by atoms with E-state index < -0.39 is 35.6 Å². The van der Waals surface area contributed by atoms with Gasteiger partial charge in [-0.15, -0.1) is 0 Å². The van der Waals surface area contributed by atoms with E-state index in [1.807, 2.05) is 0 Å². The molecule has 1 saturated carbocycles. The Bertz CT molecular complexity index is 1120. The lowest BCUT2D eigenvalue weighted by atomic mass is 9.91. The molecule has 2 aromatic carbocycles. The Morgan fingerprint density at radius 3 is 2.28 bits per heavy atom. The van der Waals surface area contributed by atoms with Crippen LogP contribution in [0.5, 0.6) is 0 Å². The summed E-state index contributed by atoms with van der Waals surface area (Å²) in [6, 6.07) is 8.33. The highest BCUT2D eigenvalue weighted by Crippen LogP contribution is 2.23. The second-order valence-electron chi connectivity index (χ2n) is 9.14. The Balaban J connectivity index is 1.61. The van der Waals surface area contributed by atoms with Crippen LogP contribution < -0.4 is 16.4 Å². The largest absolute Gasteiger partial charge is 0.350 e. The van der Waals surface area contributed by atoms with Crippen LogP contribution in [0.4, 0.5) is 19.3 Å². The minimum atomic E-state index is -1.31. The third kappa shape index (κ3) is 6.11. The van der Waals surface area contributed by atoms with Gasteiger partial charge in [-0.3, -0.25) is 14.5 Å². The van der Waals surface area contributed by atoms with Crippen molar-refractivity contribution in [1.82, 2.24) is 15.1 Å². The van der Waals surface area contributed by atoms with Crippen LogP contribution in [0.3, 0.4) is 0 Å². The quantitative estimate of drug-likeness (QED) is 0.572. The van der Waals surface area contributed by atoms with Gasteiger partial charge in [0.25, 0.3) is 11.8 Å². The third-order valence-corrected chi connectivity index (χ3v) is 6.68. The van der Waals surface area contributed by atoms with Gasteiger partial charge in [0.2, 0.25) is 0 Å². The summed E-state index contributed by atoms with van der Waals surface area (Å²) < 4.78 is 27.7. The molecule has 2 aliphatic rings. The standard InChI is InChI=1S/C25H28ClF2N5O3/c26-16-3-1-4-21(13-16)31-25(36)33-10-2-9-32(24(35)15-11-17(27)14-18(28)12-15)23(33)22(34)30-20-7-5-19(29)6-8-20/h1,3-4,11-14,19-20,23H,2,5-10,29H2,(H,30,34)(H,31,36). The van der Waals surface area contributed by atoms with Gasteiger partial charge in [-0.05, 0) is 62.4 Å². The second-order valence-corrected chi connectivity index (χ2v) is 9.57. The zero-order valence-corrected chi connectivity index (χ0v) is 20.3. The van der Waals surface area contributed by atoms with E-state index >= 15 is 0 Å². The molecule has 1 unspecified atom stereocenters. The molecule has 1 saturated heterocycles. The Kier molecular flexibility index (Phi) is 8.05. The fourth-order valence-electron chi connectivity index (χ4n) is 4.68. The van der Waals surface area contributed by atoms with Gasteiger partial charge in [0.15, 0.2) is 6.17 Å². The van der Waals surface area contributed by atoms with Crippen LogP contribution in [0.25, 0.3) is 0 Å². The van der Waals surface area contributed by atoms with Crippen molar-refractivity contribution in [3.05, 3.63) is 64.7 Å². The van der Waals surface area contributed by atoms with E-state index in [0.29, 0.717) is 36.0 Å².